The first-order valence-electron chi connectivity index (χ1n) is 5.02. The van der Waals surface area contributed by atoms with Gasteiger partial charge >= 0.3 is 0 Å². The molecule has 0 aromatic rings. The first kappa shape index (κ1) is 13.2. The van der Waals surface area contributed by atoms with Crippen LogP contribution in [0.25, 0.3) is 0 Å². The van der Waals surface area contributed by atoms with Gasteiger partial charge in [0.2, 0.25) is 5.91 Å². The van der Waals surface area contributed by atoms with Crippen molar-refractivity contribution >= 4 is 5.91 Å². The zero-order valence-corrected chi connectivity index (χ0v) is 10.1. The highest BCUT2D eigenvalue weighted by molar-refractivity contribution is 5.93. The Morgan fingerprint density at radius 3 is 1.93 bits per heavy atom. The minimum Gasteiger partial charge on any atom is -0.355 e. The van der Waals surface area contributed by atoms with Gasteiger partial charge in [-0.1, -0.05) is 13.8 Å². The number of nitrogens with one attached hydrogen (secondary N) is 2. The Hall–Kier alpha value is -0.830. The van der Waals surface area contributed by atoms with Crippen LogP contribution in [0.3, 0.4) is 0 Å². The van der Waals surface area contributed by atoms with Crippen molar-refractivity contribution in [3.8, 4) is 0 Å². The van der Waals surface area contributed by atoms with E-state index < -0.39 is 0 Å². The van der Waals surface area contributed by atoms with Crippen molar-refractivity contribution in [3.05, 3.63) is 11.1 Å². The second-order valence-electron chi connectivity index (χ2n) is 3.90. The van der Waals surface area contributed by atoms with Crippen molar-refractivity contribution in [1.29, 1.82) is 0 Å². The number of carbonyl (C=O) groups excluding carboxylic acids is 1. The average molecular weight is 198 g/mol. The van der Waals surface area contributed by atoms with Gasteiger partial charge in [-0.3, -0.25) is 4.79 Å². The fraction of sp³-hybridized carbons (Fsp3) is 0.727. The summed E-state index contributed by atoms with van der Waals surface area (Å²) in [6.45, 7) is 8.15. The molecule has 0 aliphatic rings. The van der Waals surface area contributed by atoms with E-state index in [1.54, 1.807) is 7.05 Å². The summed E-state index contributed by atoms with van der Waals surface area (Å²) < 4.78 is 0. The van der Waals surface area contributed by atoms with Crippen LogP contribution < -0.4 is 10.6 Å². The number of amides is 1. The molecule has 0 fully saturated rings. The second kappa shape index (κ2) is 5.81. The molecule has 2 N–H and O–H groups in total. The topological polar surface area (TPSA) is 41.1 Å². The second-order valence-corrected chi connectivity index (χ2v) is 3.90. The molecule has 0 saturated carbocycles. The molecule has 0 aromatic carbocycles. The minimum absolute atomic E-state index is 0.00315. The van der Waals surface area contributed by atoms with Crippen molar-refractivity contribution in [2.75, 3.05) is 14.1 Å². The lowest BCUT2D eigenvalue weighted by atomic mass is 9.93. The third-order valence-corrected chi connectivity index (χ3v) is 2.60. The Balaban J connectivity index is 4.86. The molecule has 0 saturated heterocycles. The highest BCUT2D eigenvalue weighted by Gasteiger charge is 2.17. The number of rotatable bonds is 4. The van der Waals surface area contributed by atoms with Crippen LogP contribution in [0.5, 0.6) is 0 Å². The standard InChI is InChI=1S/C11H22N2O/c1-7(2)10(12-5)8(3)9(4)11(14)13-6/h7,10,12H,1-6H3,(H,13,14)/b9-8+. The quantitative estimate of drug-likeness (QED) is 0.669. The first-order valence-corrected chi connectivity index (χ1v) is 5.02. The van der Waals surface area contributed by atoms with Crippen LogP contribution in [-0.4, -0.2) is 26.0 Å². The molecule has 1 unspecified atom stereocenters. The molecule has 0 bridgehead atoms. The smallest absolute Gasteiger partial charge is 0.246 e. The van der Waals surface area contributed by atoms with E-state index in [2.05, 4.69) is 24.5 Å². The van der Waals surface area contributed by atoms with Crippen molar-refractivity contribution < 1.29 is 4.79 Å². The van der Waals surface area contributed by atoms with Crippen LogP contribution >= 0.6 is 0 Å². The van der Waals surface area contributed by atoms with Gasteiger partial charge in [0.15, 0.2) is 0 Å². The third kappa shape index (κ3) is 3.14. The molecule has 0 heterocycles. The molecule has 14 heavy (non-hydrogen) atoms. The first-order chi connectivity index (χ1) is 6.45. The van der Waals surface area contributed by atoms with E-state index in [0.717, 1.165) is 11.1 Å². The van der Waals surface area contributed by atoms with Gasteiger partial charge in [0, 0.05) is 18.7 Å². The number of hydrogen-bond acceptors (Lipinski definition) is 2. The number of likely N-dealkylation sites (N-methyl/N-ethyl adjacent to an activating group) is 2. The molecule has 0 aliphatic carbocycles. The summed E-state index contributed by atoms with van der Waals surface area (Å²) in [5, 5.41) is 5.86. The summed E-state index contributed by atoms with van der Waals surface area (Å²) in [5.74, 6) is 0.489. The normalized spacial score (nSPS) is 15.1. The highest BCUT2D eigenvalue weighted by atomic mass is 16.1. The van der Waals surface area contributed by atoms with Crippen LogP contribution in [0, 0.1) is 5.92 Å². The van der Waals surface area contributed by atoms with Crippen LogP contribution in [0.2, 0.25) is 0 Å². The Labute approximate surface area is 87.0 Å². The van der Waals surface area contributed by atoms with Crippen molar-refractivity contribution in [2.45, 2.75) is 33.7 Å². The maximum atomic E-state index is 11.4. The Morgan fingerprint density at radius 1 is 1.14 bits per heavy atom. The van der Waals surface area contributed by atoms with E-state index in [9.17, 15) is 4.79 Å². The summed E-state index contributed by atoms with van der Waals surface area (Å²) in [4.78, 5) is 11.4. The van der Waals surface area contributed by atoms with Gasteiger partial charge in [-0.15, -0.1) is 0 Å². The van der Waals surface area contributed by atoms with Crippen molar-refractivity contribution in [2.24, 2.45) is 5.92 Å². The molecule has 3 nitrogen and oxygen atoms in total. The maximum Gasteiger partial charge on any atom is 0.246 e. The SMILES string of the molecule is CNC(=O)/C(C)=C(\C)C(NC)C(C)C. The average Bonchev–Trinajstić information content (AvgIpc) is 2.15. The van der Waals surface area contributed by atoms with E-state index in [-0.39, 0.29) is 11.9 Å². The van der Waals surface area contributed by atoms with E-state index in [4.69, 9.17) is 0 Å². The van der Waals surface area contributed by atoms with Crippen molar-refractivity contribution in [3.63, 3.8) is 0 Å². The van der Waals surface area contributed by atoms with Gasteiger partial charge in [0.1, 0.15) is 0 Å². The summed E-state index contributed by atoms with van der Waals surface area (Å²) >= 11 is 0. The van der Waals surface area contributed by atoms with E-state index in [1.807, 2.05) is 20.9 Å². The van der Waals surface area contributed by atoms with Crippen molar-refractivity contribution in [1.82, 2.24) is 10.6 Å². The van der Waals surface area contributed by atoms with E-state index in [0.29, 0.717) is 5.92 Å². The van der Waals surface area contributed by atoms with Gasteiger partial charge in [-0.2, -0.15) is 0 Å². The molecule has 82 valence electrons. The zero-order valence-electron chi connectivity index (χ0n) is 10.1. The van der Waals surface area contributed by atoms with Crippen LogP contribution in [0.4, 0.5) is 0 Å². The molecule has 1 amide bonds. The van der Waals surface area contributed by atoms with Crippen LogP contribution in [0.1, 0.15) is 27.7 Å². The molecule has 0 rings (SSSR count). The lowest BCUT2D eigenvalue weighted by Crippen LogP contribution is -2.34. The summed E-state index contributed by atoms with van der Waals surface area (Å²) in [6, 6.07) is 0.271. The third-order valence-electron chi connectivity index (χ3n) is 2.60. The summed E-state index contributed by atoms with van der Waals surface area (Å²) in [5.41, 5.74) is 1.92. The lowest BCUT2D eigenvalue weighted by molar-refractivity contribution is -0.117. The molecule has 0 aliphatic heterocycles. The molecular formula is C11H22N2O. The predicted octanol–water partition coefficient (Wildman–Crippen LogP) is 1.31. The largest absolute Gasteiger partial charge is 0.355 e. The zero-order chi connectivity index (χ0) is 11.3. The molecule has 0 aromatic heterocycles. The molecule has 3 heteroatoms. The van der Waals surface area contributed by atoms with E-state index >= 15 is 0 Å². The van der Waals surface area contributed by atoms with Gasteiger partial charge in [0.25, 0.3) is 0 Å². The molecular weight excluding hydrogens is 176 g/mol. The van der Waals surface area contributed by atoms with Gasteiger partial charge in [0.05, 0.1) is 0 Å². The lowest BCUT2D eigenvalue weighted by Gasteiger charge is -2.22. The Kier molecular flexibility index (Phi) is 5.46. The maximum absolute atomic E-state index is 11.4. The molecule has 0 radical (unpaired) electrons. The predicted molar refractivity (Wildman–Crippen MR) is 60.1 cm³/mol. The van der Waals surface area contributed by atoms with E-state index in [1.165, 1.54) is 0 Å². The van der Waals surface area contributed by atoms with Gasteiger partial charge in [-0.25, -0.2) is 0 Å². The number of carbonyl (C=O) groups is 1. The van der Waals surface area contributed by atoms with Gasteiger partial charge < -0.3 is 10.6 Å². The summed E-state index contributed by atoms with van der Waals surface area (Å²) in [7, 11) is 3.58. The fourth-order valence-electron chi connectivity index (χ4n) is 1.65. The van der Waals surface area contributed by atoms with Gasteiger partial charge in [-0.05, 0) is 32.4 Å². The van der Waals surface area contributed by atoms with Crippen LogP contribution in [0.15, 0.2) is 11.1 Å². The fourth-order valence-corrected chi connectivity index (χ4v) is 1.65. The summed E-state index contributed by atoms with van der Waals surface area (Å²) in [6.07, 6.45) is 0. The molecule has 1 atom stereocenters. The molecule has 0 spiro atoms. The highest BCUT2D eigenvalue weighted by Crippen LogP contribution is 2.15. The Bertz CT molecular complexity index is 231. The van der Waals surface area contributed by atoms with Crippen LogP contribution in [-0.2, 0) is 4.79 Å². The monoisotopic (exact) mass is 198 g/mol. The Morgan fingerprint density at radius 2 is 1.64 bits per heavy atom. The minimum atomic E-state index is 0.00315. The number of hydrogen-bond donors (Lipinski definition) is 2.